The van der Waals surface area contributed by atoms with Gasteiger partial charge in [0.1, 0.15) is 11.8 Å². The van der Waals surface area contributed by atoms with Crippen molar-refractivity contribution < 1.29 is 14.3 Å². The van der Waals surface area contributed by atoms with Gasteiger partial charge in [0.2, 0.25) is 5.91 Å². The van der Waals surface area contributed by atoms with E-state index in [1.54, 1.807) is 19.1 Å². The number of nitrogens with one attached hydrogen (secondary N) is 1. The number of carbonyl (C=O) groups excluding carboxylic acids is 2. The quantitative estimate of drug-likeness (QED) is 0.667. The van der Waals surface area contributed by atoms with E-state index in [1.807, 2.05) is 43.3 Å². The van der Waals surface area contributed by atoms with Crippen molar-refractivity contribution in [3.63, 3.8) is 0 Å². The fourth-order valence-electron chi connectivity index (χ4n) is 2.97. The third-order valence-electron chi connectivity index (χ3n) is 4.87. The average Bonchev–Trinajstić information content (AvgIpc) is 2.71. The van der Waals surface area contributed by atoms with Gasteiger partial charge in [0.25, 0.3) is 5.91 Å². The first-order chi connectivity index (χ1) is 14.1. The lowest BCUT2D eigenvalue weighted by Gasteiger charge is -2.28. The van der Waals surface area contributed by atoms with Crippen molar-refractivity contribution in [3.05, 3.63) is 64.7 Å². The number of carbonyl (C=O) groups is 2. The van der Waals surface area contributed by atoms with Gasteiger partial charge in [-0.25, -0.2) is 0 Å². The van der Waals surface area contributed by atoms with Gasteiger partial charge in [0.15, 0.2) is 6.61 Å². The predicted octanol–water partition coefficient (Wildman–Crippen LogP) is 4.57. The van der Waals surface area contributed by atoms with Gasteiger partial charge in [0, 0.05) is 18.1 Å². The number of rotatable bonds is 8. The largest absolute Gasteiger partial charge is 0.484 e. The molecule has 2 amide bonds. The molecule has 0 radical (unpaired) electrons. The average molecular weight is 431 g/mol. The van der Waals surface area contributed by atoms with Crippen LogP contribution in [0.4, 0.5) is 0 Å². The summed E-state index contributed by atoms with van der Waals surface area (Å²) < 4.78 is 5.72. The maximum Gasteiger partial charge on any atom is 0.261 e. The molecule has 5 nitrogen and oxygen atoms in total. The van der Waals surface area contributed by atoms with Crippen LogP contribution in [-0.2, 0) is 21.5 Å². The zero-order valence-corrected chi connectivity index (χ0v) is 19.1. The van der Waals surface area contributed by atoms with E-state index in [2.05, 4.69) is 26.1 Å². The van der Waals surface area contributed by atoms with Crippen LogP contribution in [-0.4, -0.2) is 35.9 Å². The van der Waals surface area contributed by atoms with E-state index < -0.39 is 6.04 Å². The van der Waals surface area contributed by atoms with Crippen LogP contribution in [0.2, 0.25) is 5.02 Å². The molecule has 1 N–H and O–H groups in total. The van der Waals surface area contributed by atoms with Gasteiger partial charge in [-0.05, 0) is 54.7 Å². The summed E-state index contributed by atoms with van der Waals surface area (Å²) in [5, 5.41) is 3.40. The molecule has 0 heterocycles. The Morgan fingerprint density at radius 2 is 1.67 bits per heavy atom. The molecule has 1 atom stereocenters. The van der Waals surface area contributed by atoms with Crippen LogP contribution in [0.25, 0.3) is 0 Å². The highest BCUT2D eigenvalue weighted by Crippen LogP contribution is 2.24. The molecule has 162 valence electrons. The molecule has 6 heteroatoms. The first kappa shape index (κ1) is 23.7. The molecule has 0 aliphatic heterocycles. The highest BCUT2D eigenvalue weighted by atomic mass is 35.5. The molecular formula is C24H31ClN2O3. The second-order valence-electron chi connectivity index (χ2n) is 8.28. The Kier molecular flexibility index (Phi) is 8.30. The van der Waals surface area contributed by atoms with Crippen molar-refractivity contribution in [3.8, 4) is 5.75 Å². The maximum absolute atomic E-state index is 13.0. The molecule has 0 spiro atoms. The summed E-state index contributed by atoms with van der Waals surface area (Å²) in [7, 11) is 0. The number of halogens is 1. The predicted molar refractivity (Wildman–Crippen MR) is 121 cm³/mol. The smallest absolute Gasteiger partial charge is 0.261 e. The molecule has 0 aliphatic carbocycles. The van der Waals surface area contributed by atoms with Crippen LogP contribution in [0.5, 0.6) is 5.75 Å². The first-order valence-electron chi connectivity index (χ1n) is 10.2. The minimum Gasteiger partial charge on any atom is -0.484 e. The van der Waals surface area contributed by atoms with Crippen molar-refractivity contribution in [1.29, 1.82) is 0 Å². The van der Waals surface area contributed by atoms with Gasteiger partial charge < -0.3 is 15.0 Å². The monoisotopic (exact) mass is 430 g/mol. The Morgan fingerprint density at radius 3 is 2.20 bits per heavy atom. The van der Waals surface area contributed by atoms with Gasteiger partial charge in [-0.15, -0.1) is 0 Å². The van der Waals surface area contributed by atoms with Gasteiger partial charge in [-0.1, -0.05) is 56.6 Å². The van der Waals surface area contributed by atoms with E-state index >= 15 is 0 Å². The number of hydrogen-bond acceptors (Lipinski definition) is 3. The zero-order valence-electron chi connectivity index (χ0n) is 18.4. The van der Waals surface area contributed by atoms with Gasteiger partial charge in [-0.3, -0.25) is 9.59 Å². The lowest BCUT2D eigenvalue weighted by molar-refractivity contribution is -0.142. The molecule has 2 aromatic rings. The van der Waals surface area contributed by atoms with Crippen LogP contribution in [0.3, 0.4) is 0 Å². The number of amides is 2. The lowest BCUT2D eigenvalue weighted by Crippen LogP contribution is -2.49. The Labute approximate surface area is 184 Å². The minimum atomic E-state index is -0.625. The third-order valence-corrected chi connectivity index (χ3v) is 5.12. The fraction of sp³-hybridized carbons (Fsp3) is 0.417. The molecule has 0 fully saturated rings. The second-order valence-corrected chi connectivity index (χ2v) is 8.72. The van der Waals surface area contributed by atoms with Gasteiger partial charge >= 0.3 is 0 Å². The summed E-state index contributed by atoms with van der Waals surface area (Å²) in [5.74, 6) is 0.159. The maximum atomic E-state index is 13.0. The first-order valence-corrected chi connectivity index (χ1v) is 10.5. The van der Waals surface area contributed by atoms with E-state index in [-0.39, 0.29) is 23.8 Å². The van der Waals surface area contributed by atoms with Gasteiger partial charge in [0.05, 0.1) is 0 Å². The molecule has 0 bridgehead atoms. The summed E-state index contributed by atoms with van der Waals surface area (Å²) in [6.45, 7) is 10.6. The van der Waals surface area contributed by atoms with Crippen LogP contribution in [0, 0.1) is 0 Å². The van der Waals surface area contributed by atoms with Crippen molar-refractivity contribution >= 4 is 23.4 Å². The molecule has 2 rings (SSSR count). The summed E-state index contributed by atoms with van der Waals surface area (Å²) >= 11 is 5.96. The standard InChI is InChI=1S/C24H31ClN2O3/c1-6-26-23(29)17(2)27(15-18-7-11-20(25)12-8-18)22(28)16-30-21-13-9-19(10-14-21)24(3,4)5/h7-14,17H,6,15-16H2,1-5H3,(H,26,29). The van der Waals surface area contributed by atoms with Crippen molar-refractivity contribution in [1.82, 2.24) is 10.2 Å². The second kappa shape index (κ2) is 10.5. The molecule has 30 heavy (non-hydrogen) atoms. The lowest BCUT2D eigenvalue weighted by atomic mass is 9.87. The third kappa shape index (κ3) is 6.77. The summed E-state index contributed by atoms with van der Waals surface area (Å²) in [5.41, 5.74) is 2.13. The van der Waals surface area contributed by atoms with Crippen molar-refractivity contribution in [2.24, 2.45) is 0 Å². The van der Waals surface area contributed by atoms with Crippen LogP contribution in [0.1, 0.15) is 45.7 Å². The molecule has 0 saturated carbocycles. The Balaban J connectivity index is 2.11. The molecule has 1 unspecified atom stereocenters. The Hall–Kier alpha value is -2.53. The topological polar surface area (TPSA) is 58.6 Å². The van der Waals surface area contributed by atoms with Crippen LogP contribution >= 0.6 is 11.6 Å². The van der Waals surface area contributed by atoms with E-state index in [0.717, 1.165) is 5.56 Å². The minimum absolute atomic E-state index is 0.0474. The van der Waals surface area contributed by atoms with E-state index in [9.17, 15) is 9.59 Å². The number of hydrogen-bond donors (Lipinski definition) is 1. The summed E-state index contributed by atoms with van der Waals surface area (Å²) in [6.07, 6.45) is 0. The summed E-state index contributed by atoms with van der Waals surface area (Å²) in [6, 6.07) is 14.3. The highest BCUT2D eigenvalue weighted by molar-refractivity contribution is 6.30. The van der Waals surface area contributed by atoms with E-state index in [0.29, 0.717) is 23.9 Å². The van der Waals surface area contributed by atoms with Crippen LogP contribution in [0.15, 0.2) is 48.5 Å². The van der Waals surface area contributed by atoms with Crippen LogP contribution < -0.4 is 10.1 Å². The molecule has 0 aromatic heterocycles. The van der Waals surface area contributed by atoms with Crippen molar-refractivity contribution in [2.75, 3.05) is 13.2 Å². The molecular weight excluding hydrogens is 400 g/mol. The Bertz CT molecular complexity index is 842. The molecule has 0 aliphatic rings. The zero-order chi connectivity index (χ0) is 22.3. The van der Waals surface area contributed by atoms with Gasteiger partial charge in [-0.2, -0.15) is 0 Å². The fourth-order valence-corrected chi connectivity index (χ4v) is 3.10. The number of nitrogens with zero attached hydrogens (tertiary/aromatic N) is 1. The number of ether oxygens (including phenoxy) is 1. The molecule has 0 saturated heterocycles. The van der Waals surface area contributed by atoms with E-state index in [4.69, 9.17) is 16.3 Å². The molecule has 2 aromatic carbocycles. The van der Waals surface area contributed by atoms with E-state index in [1.165, 1.54) is 10.5 Å². The number of benzene rings is 2. The SMILES string of the molecule is CCNC(=O)C(C)N(Cc1ccc(Cl)cc1)C(=O)COc1ccc(C(C)(C)C)cc1. The number of likely N-dealkylation sites (N-methyl/N-ethyl adjacent to an activating group) is 1. The normalized spacial score (nSPS) is 12.2. The van der Waals surface area contributed by atoms with Crippen molar-refractivity contribution in [2.45, 2.75) is 52.6 Å². The summed E-state index contributed by atoms with van der Waals surface area (Å²) in [4.78, 5) is 26.9. The Morgan fingerprint density at radius 1 is 1.07 bits per heavy atom. The highest BCUT2D eigenvalue weighted by Gasteiger charge is 2.26.